The standard InChI is InChI=1S/C25H29N3O3S3/c29-34(30,27-14-16-31-17-15-27)22-10-8-21(9-11-22)26-25-28(13-12-20-5-2-1-3-6-20)23(19-33-25)24-7-4-18-32-24/h4-5,7-11,18-19H,1-3,6,12-17H2. The van der Waals surface area contributed by atoms with Crippen LogP contribution in [-0.4, -0.2) is 43.6 Å². The van der Waals surface area contributed by atoms with E-state index in [9.17, 15) is 8.42 Å². The zero-order valence-electron chi connectivity index (χ0n) is 19.1. The number of sulfonamides is 1. The van der Waals surface area contributed by atoms with Crippen LogP contribution >= 0.6 is 22.7 Å². The third-order valence-electron chi connectivity index (χ3n) is 6.28. The predicted octanol–water partition coefficient (Wildman–Crippen LogP) is 5.42. The van der Waals surface area contributed by atoms with Gasteiger partial charge in [0.15, 0.2) is 4.80 Å². The molecule has 180 valence electrons. The number of ether oxygens (including phenoxy) is 1. The molecule has 0 radical (unpaired) electrons. The van der Waals surface area contributed by atoms with Crippen LogP contribution in [0.15, 0.2) is 68.7 Å². The maximum absolute atomic E-state index is 12.9. The molecule has 0 unspecified atom stereocenters. The van der Waals surface area contributed by atoms with Crippen molar-refractivity contribution in [1.29, 1.82) is 0 Å². The first-order chi connectivity index (χ1) is 16.6. The number of thiazole rings is 1. The van der Waals surface area contributed by atoms with E-state index in [4.69, 9.17) is 9.73 Å². The number of aromatic nitrogens is 1. The number of thiophene rings is 1. The van der Waals surface area contributed by atoms with E-state index < -0.39 is 10.0 Å². The van der Waals surface area contributed by atoms with Gasteiger partial charge in [-0.05, 0) is 67.8 Å². The third-order valence-corrected chi connectivity index (χ3v) is 9.95. The number of morpholine rings is 1. The molecule has 1 aromatic carbocycles. The lowest BCUT2D eigenvalue weighted by atomic mass is 9.97. The smallest absolute Gasteiger partial charge is 0.243 e. The molecule has 1 saturated heterocycles. The first-order valence-corrected chi connectivity index (χ1v) is 14.9. The molecule has 1 fully saturated rings. The SMILES string of the molecule is O=S(=O)(c1ccc(N=c2scc(-c3cccs3)n2CCC2=CCCCC2)cc1)N1CCOCC1. The topological polar surface area (TPSA) is 63.9 Å². The summed E-state index contributed by atoms with van der Waals surface area (Å²) in [5, 5.41) is 4.28. The van der Waals surface area contributed by atoms with Gasteiger partial charge in [0.1, 0.15) is 0 Å². The van der Waals surface area contributed by atoms with Gasteiger partial charge in [-0.25, -0.2) is 13.4 Å². The Balaban J connectivity index is 1.43. The van der Waals surface area contributed by atoms with Gasteiger partial charge < -0.3 is 9.30 Å². The molecule has 6 nitrogen and oxygen atoms in total. The number of rotatable bonds is 7. The summed E-state index contributed by atoms with van der Waals surface area (Å²) in [6, 6.07) is 11.1. The molecular weight excluding hydrogens is 486 g/mol. The zero-order valence-corrected chi connectivity index (χ0v) is 21.5. The van der Waals surface area contributed by atoms with Crippen LogP contribution in [0.25, 0.3) is 10.6 Å². The number of hydrogen-bond acceptors (Lipinski definition) is 6. The maximum Gasteiger partial charge on any atom is 0.243 e. The summed E-state index contributed by atoms with van der Waals surface area (Å²) in [6.45, 7) is 2.56. The van der Waals surface area contributed by atoms with E-state index >= 15 is 0 Å². The van der Waals surface area contributed by atoms with Crippen LogP contribution in [0.3, 0.4) is 0 Å². The van der Waals surface area contributed by atoms with Gasteiger partial charge in [0.05, 0.1) is 34.4 Å². The first-order valence-electron chi connectivity index (χ1n) is 11.7. The molecular formula is C25H29N3O3S3. The highest BCUT2D eigenvalue weighted by Gasteiger charge is 2.26. The Kier molecular flexibility index (Phi) is 7.46. The van der Waals surface area contributed by atoms with Crippen LogP contribution in [0.2, 0.25) is 0 Å². The summed E-state index contributed by atoms with van der Waals surface area (Å²) in [6.07, 6.45) is 8.43. The second kappa shape index (κ2) is 10.7. The average molecular weight is 516 g/mol. The minimum Gasteiger partial charge on any atom is -0.379 e. The summed E-state index contributed by atoms with van der Waals surface area (Å²) in [5.41, 5.74) is 3.50. The Bertz CT molecular complexity index is 1300. The monoisotopic (exact) mass is 515 g/mol. The first kappa shape index (κ1) is 23.7. The van der Waals surface area contributed by atoms with E-state index in [0.717, 1.165) is 23.5 Å². The molecule has 3 aromatic rings. The highest BCUT2D eigenvalue weighted by molar-refractivity contribution is 7.89. The largest absolute Gasteiger partial charge is 0.379 e. The molecule has 0 spiro atoms. The Morgan fingerprint density at radius 1 is 1.03 bits per heavy atom. The van der Waals surface area contributed by atoms with Gasteiger partial charge in [0.2, 0.25) is 10.0 Å². The van der Waals surface area contributed by atoms with E-state index in [1.807, 2.05) is 0 Å². The van der Waals surface area contributed by atoms with Crippen LogP contribution in [0.1, 0.15) is 32.1 Å². The van der Waals surface area contributed by atoms with Crippen molar-refractivity contribution in [3.05, 3.63) is 63.6 Å². The fraction of sp³-hybridized carbons (Fsp3) is 0.400. The van der Waals surface area contributed by atoms with Crippen molar-refractivity contribution < 1.29 is 13.2 Å². The van der Waals surface area contributed by atoms with Crippen molar-refractivity contribution in [3.63, 3.8) is 0 Å². The van der Waals surface area contributed by atoms with Crippen LogP contribution in [0.5, 0.6) is 0 Å². The summed E-state index contributed by atoms with van der Waals surface area (Å²) in [7, 11) is -3.50. The minimum absolute atomic E-state index is 0.302. The van der Waals surface area contributed by atoms with Crippen molar-refractivity contribution in [2.45, 2.75) is 43.5 Å². The average Bonchev–Trinajstić information content (AvgIpc) is 3.54. The molecule has 0 N–H and O–H groups in total. The summed E-state index contributed by atoms with van der Waals surface area (Å²) >= 11 is 3.37. The summed E-state index contributed by atoms with van der Waals surface area (Å²) < 4.78 is 34.9. The van der Waals surface area contributed by atoms with Crippen LogP contribution in [-0.2, 0) is 21.3 Å². The van der Waals surface area contributed by atoms with Crippen LogP contribution in [0, 0.1) is 0 Å². The van der Waals surface area contributed by atoms with Crippen molar-refractivity contribution in [2.24, 2.45) is 4.99 Å². The quantitative estimate of drug-likeness (QED) is 0.395. The van der Waals surface area contributed by atoms with Crippen molar-refractivity contribution in [1.82, 2.24) is 8.87 Å². The van der Waals surface area contributed by atoms with E-state index in [2.05, 4.69) is 33.5 Å². The fourth-order valence-electron chi connectivity index (χ4n) is 4.38. The Morgan fingerprint density at radius 3 is 2.56 bits per heavy atom. The Morgan fingerprint density at radius 2 is 1.85 bits per heavy atom. The molecule has 3 heterocycles. The predicted molar refractivity (Wildman–Crippen MR) is 138 cm³/mol. The minimum atomic E-state index is -3.50. The van der Waals surface area contributed by atoms with Gasteiger partial charge in [-0.1, -0.05) is 17.7 Å². The van der Waals surface area contributed by atoms with E-state index in [1.54, 1.807) is 52.5 Å². The van der Waals surface area contributed by atoms with Gasteiger partial charge >= 0.3 is 0 Å². The number of allylic oxidation sites excluding steroid dienone is 2. The molecule has 0 atom stereocenters. The van der Waals surface area contributed by atoms with E-state index in [0.29, 0.717) is 31.2 Å². The maximum atomic E-state index is 12.9. The fourth-order valence-corrected chi connectivity index (χ4v) is 7.56. The third kappa shape index (κ3) is 5.28. The number of benzene rings is 1. The summed E-state index contributed by atoms with van der Waals surface area (Å²) in [5.74, 6) is 0. The van der Waals surface area contributed by atoms with Crippen molar-refractivity contribution in [2.75, 3.05) is 26.3 Å². The number of hydrogen-bond donors (Lipinski definition) is 0. The van der Waals surface area contributed by atoms with E-state index in [1.165, 1.54) is 40.6 Å². The summed E-state index contributed by atoms with van der Waals surface area (Å²) in [4.78, 5) is 7.38. The molecule has 1 aliphatic carbocycles. The molecule has 0 bridgehead atoms. The molecule has 0 saturated carbocycles. The molecule has 0 amide bonds. The lowest BCUT2D eigenvalue weighted by Gasteiger charge is -2.26. The second-order valence-corrected chi connectivity index (χ2v) is 12.2. The van der Waals surface area contributed by atoms with Gasteiger partial charge in [-0.3, -0.25) is 0 Å². The molecule has 9 heteroatoms. The highest BCUT2D eigenvalue weighted by Crippen LogP contribution is 2.28. The van der Waals surface area contributed by atoms with Gasteiger partial charge in [0.25, 0.3) is 0 Å². The van der Waals surface area contributed by atoms with Gasteiger partial charge in [0, 0.05) is 25.0 Å². The van der Waals surface area contributed by atoms with Gasteiger partial charge in [-0.15, -0.1) is 22.7 Å². The molecule has 1 aliphatic heterocycles. The van der Waals surface area contributed by atoms with Crippen molar-refractivity contribution in [3.8, 4) is 10.6 Å². The second-order valence-electron chi connectivity index (χ2n) is 8.51. The Hall–Kier alpha value is -2.04. The van der Waals surface area contributed by atoms with Crippen LogP contribution < -0.4 is 4.80 Å². The zero-order chi connectivity index (χ0) is 23.4. The Labute approximate surface area is 208 Å². The molecule has 34 heavy (non-hydrogen) atoms. The van der Waals surface area contributed by atoms with Crippen molar-refractivity contribution >= 4 is 38.4 Å². The molecule has 2 aliphatic rings. The lowest BCUT2D eigenvalue weighted by molar-refractivity contribution is 0.0730. The highest BCUT2D eigenvalue weighted by atomic mass is 32.2. The van der Waals surface area contributed by atoms with E-state index in [-0.39, 0.29) is 0 Å². The van der Waals surface area contributed by atoms with Crippen LogP contribution in [0.4, 0.5) is 5.69 Å². The number of nitrogens with zero attached hydrogens (tertiary/aromatic N) is 3. The molecule has 2 aromatic heterocycles. The normalized spacial score (nSPS) is 18.2. The van der Waals surface area contributed by atoms with Gasteiger partial charge in [-0.2, -0.15) is 4.31 Å². The lowest BCUT2D eigenvalue weighted by Crippen LogP contribution is -2.40. The molecule has 5 rings (SSSR count).